The quantitative estimate of drug-likeness (QED) is 0.318. The first-order valence-corrected chi connectivity index (χ1v) is 3.38. The van der Waals surface area contributed by atoms with E-state index in [9.17, 15) is 9.59 Å². The van der Waals surface area contributed by atoms with E-state index in [1.54, 1.807) is 0 Å². The molecule has 0 atom stereocenters. The third-order valence-corrected chi connectivity index (χ3v) is 0.424. The Morgan fingerprint density at radius 3 is 1.64 bits per heavy atom. The maximum absolute atomic E-state index is 9.75. The van der Waals surface area contributed by atoms with Gasteiger partial charge in [0, 0.05) is 13.0 Å². The van der Waals surface area contributed by atoms with E-state index in [0.29, 0.717) is 0 Å². The summed E-state index contributed by atoms with van der Waals surface area (Å²) in [6.07, 6.45) is 1.93. The van der Waals surface area contributed by atoms with Crippen molar-refractivity contribution >= 4 is 11.9 Å². The molecule has 0 heterocycles. The van der Waals surface area contributed by atoms with Crippen molar-refractivity contribution in [2.45, 2.75) is 6.92 Å². The minimum atomic E-state index is -0.981. The number of carbonyl (C=O) groups excluding carboxylic acids is 1. The number of rotatable bonds is 2. The van der Waals surface area contributed by atoms with Crippen LogP contribution in [0.25, 0.3) is 0 Å². The lowest BCUT2D eigenvalue weighted by atomic mass is 10.7. The van der Waals surface area contributed by atoms with Gasteiger partial charge < -0.3 is 9.84 Å². The minimum Gasteiger partial charge on any atom is -0.478 e. The Kier molecular flexibility index (Phi) is 21.9. The van der Waals surface area contributed by atoms with Crippen molar-refractivity contribution in [3.63, 3.8) is 0 Å². The highest BCUT2D eigenvalue weighted by Gasteiger charge is 1.79. The molecule has 0 spiro atoms. The number of carboxylic acid groups (broad SMARTS) is 1. The fourth-order valence-electron chi connectivity index (χ4n) is 0.117. The van der Waals surface area contributed by atoms with Gasteiger partial charge in [-0.15, -0.1) is 5.73 Å². The van der Waals surface area contributed by atoms with Crippen molar-refractivity contribution in [3.8, 4) is 0 Å². The predicted octanol–water partition coefficient (Wildman–Crippen LogP) is 1.91. The lowest BCUT2D eigenvalue weighted by molar-refractivity contribution is -0.135. The third kappa shape index (κ3) is 91.9. The predicted molar refractivity (Wildman–Crippen MR) is 54.6 cm³/mol. The van der Waals surface area contributed by atoms with Crippen molar-refractivity contribution in [2.75, 3.05) is 0 Å². The summed E-state index contributed by atoms with van der Waals surface area (Å²) in [5.74, 6) is -1.31. The summed E-state index contributed by atoms with van der Waals surface area (Å²) in [5.41, 5.74) is 2.25. The molecule has 0 rings (SSSR count). The molecule has 0 aromatic heterocycles. The van der Waals surface area contributed by atoms with Crippen LogP contribution in [0.5, 0.6) is 0 Å². The van der Waals surface area contributed by atoms with Crippen LogP contribution in [0.4, 0.5) is 0 Å². The Labute approximate surface area is 83.5 Å². The monoisotopic (exact) mass is 198 g/mol. The van der Waals surface area contributed by atoms with E-state index >= 15 is 0 Å². The summed E-state index contributed by atoms with van der Waals surface area (Å²) < 4.78 is 4.17. The summed E-state index contributed by atoms with van der Waals surface area (Å²) in [5, 5.41) is 7.60. The second-order valence-corrected chi connectivity index (χ2v) is 1.57. The zero-order valence-corrected chi connectivity index (χ0v) is 8.16. The summed E-state index contributed by atoms with van der Waals surface area (Å²) in [6, 6.07) is 0. The molecule has 4 heteroatoms. The number of carbonyl (C=O) groups is 2. The number of esters is 1. The van der Waals surface area contributed by atoms with Crippen molar-refractivity contribution in [2.24, 2.45) is 0 Å². The molecule has 4 nitrogen and oxygen atoms in total. The molecule has 1 N–H and O–H groups in total. The van der Waals surface area contributed by atoms with Crippen LogP contribution >= 0.6 is 0 Å². The van der Waals surface area contributed by atoms with Gasteiger partial charge in [0.1, 0.15) is 0 Å². The molecule has 0 radical (unpaired) electrons. The fraction of sp³-hybridized carbons (Fsp3) is 0.100. The molecule has 0 aliphatic carbocycles. The summed E-state index contributed by atoms with van der Waals surface area (Å²) in [7, 11) is 0. The van der Waals surface area contributed by atoms with Crippen LogP contribution < -0.4 is 0 Å². The Morgan fingerprint density at radius 1 is 1.36 bits per heavy atom. The van der Waals surface area contributed by atoms with Crippen LogP contribution in [0.3, 0.4) is 0 Å². The van der Waals surface area contributed by atoms with E-state index in [4.69, 9.17) is 5.11 Å². The Morgan fingerprint density at radius 2 is 1.64 bits per heavy atom. The van der Waals surface area contributed by atoms with E-state index in [1.807, 2.05) is 0 Å². The first kappa shape index (κ1) is 17.9. The van der Waals surface area contributed by atoms with E-state index < -0.39 is 5.97 Å². The molecule has 0 saturated heterocycles. The van der Waals surface area contributed by atoms with Gasteiger partial charge in [-0.3, -0.25) is 4.79 Å². The molecule has 0 aliphatic heterocycles. The summed E-state index contributed by atoms with van der Waals surface area (Å²) >= 11 is 0. The van der Waals surface area contributed by atoms with Gasteiger partial charge in [0.2, 0.25) is 0 Å². The molecule has 0 amide bonds. The smallest absolute Gasteiger partial charge is 0.327 e. The van der Waals surface area contributed by atoms with Crippen LogP contribution in [0.1, 0.15) is 6.92 Å². The lowest BCUT2D eigenvalue weighted by Crippen LogP contribution is -1.87. The first-order chi connectivity index (χ1) is 6.45. The zero-order chi connectivity index (χ0) is 12.0. The summed E-state index contributed by atoms with van der Waals surface area (Å²) in [4.78, 5) is 19.0. The van der Waals surface area contributed by atoms with Crippen LogP contribution in [-0.4, -0.2) is 17.0 Å². The minimum absolute atomic E-state index is 0.329. The molecule has 0 unspecified atom stereocenters. The molecule has 78 valence electrons. The SMILES string of the molecule is C=C=C.C=CC(=O)O.C=COC(C)=O. The molecule has 0 bridgehead atoms. The lowest BCUT2D eigenvalue weighted by Gasteiger charge is -1.83. The van der Waals surface area contributed by atoms with Crippen molar-refractivity contribution in [3.05, 3.63) is 44.4 Å². The molecule has 0 aromatic rings. The van der Waals surface area contributed by atoms with Gasteiger partial charge in [0.05, 0.1) is 6.26 Å². The standard InChI is InChI=1S/C4H6O2.C3H4O2.C3H4/c1-3-6-4(2)5;1-2-3(4)5;1-3-2/h3H,1H2,2H3;2H,1H2,(H,4,5);1-2H2. The van der Waals surface area contributed by atoms with Gasteiger partial charge in [-0.05, 0) is 0 Å². The van der Waals surface area contributed by atoms with Crippen molar-refractivity contribution < 1.29 is 19.4 Å². The summed E-state index contributed by atoms with van der Waals surface area (Å²) in [6.45, 7) is 13.7. The van der Waals surface area contributed by atoms with Gasteiger partial charge in [0.25, 0.3) is 0 Å². The highest BCUT2D eigenvalue weighted by molar-refractivity contribution is 5.78. The van der Waals surface area contributed by atoms with Crippen molar-refractivity contribution in [1.29, 1.82) is 0 Å². The molecule has 0 aromatic carbocycles. The Hall–Kier alpha value is -2.06. The van der Waals surface area contributed by atoms with Gasteiger partial charge in [-0.1, -0.05) is 26.3 Å². The molecule has 0 saturated carbocycles. The fourth-order valence-corrected chi connectivity index (χ4v) is 0.117. The molecular formula is C10H14O4. The zero-order valence-electron chi connectivity index (χ0n) is 8.16. The van der Waals surface area contributed by atoms with Gasteiger partial charge in [-0.25, -0.2) is 4.79 Å². The number of hydrogen-bond donors (Lipinski definition) is 1. The topological polar surface area (TPSA) is 63.6 Å². The molecule has 0 fully saturated rings. The molecule has 14 heavy (non-hydrogen) atoms. The Bertz CT molecular complexity index is 222. The molecular weight excluding hydrogens is 184 g/mol. The van der Waals surface area contributed by atoms with Gasteiger partial charge in [-0.2, -0.15) is 0 Å². The number of carboxylic acids is 1. The maximum atomic E-state index is 9.75. The second kappa shape index (κ2) is 17.1. The largest absolute Gasteiger partial charge is 0.478 e. The maximum Gasteiger partial charge on any atom is 0.327 e. The van der Waals surface area contributed by atoms with E-state index in [1.165, 1.54) is 6.92 Å². The number of ether oxygens (including phenoxy) is 1. The van der Waals surface area contributed by atoms with E-state index in [-0.39, 0.29) is 5.97 Å². The normalized spacial score (nSPS) is 5.79. The van der Waals surface area contributed by atoms with Gasteiger partial charge >= 0.3 is 11.9 Å². The van der Waals surface area contributed by atoms with E-state index in [2.05, 4.69) is 36.8 Å². The highest BCUT2D eigenvalue weighted by Crippen LogP contribution is 1.70. The number of aliphatic carboxylic acids is 1. The average molecular weight is 198 g/mol. The van der Waals surface area contributed by atoms with Crippen LogP contribution in [0.2, 0.25) is 0 Å². The van der Waals surface area contributed by atoms with E-state index in [0.717, 1.165) is 12.3 Å². The van der Waals surface area contributed by atoms with Gasteiger partial charge in [0.15, 0.2) is 0 Å². The van der Waals surface area contributed by atoms with Crippen LogP contribution in [-0.2, 0) is 14.3 Å². The van der Waals surface area contributed by atoms with Crippen LogP contribution in [0, 0.1) is 0 Å². The molecule has 0 aliphatic rings. The van der Waals surface area contributed by atoms with Crippen LogP contribution in [0.15, 0.2) is 44.4 Å². The Balaban J connectivity index is -0.000000138. The first-order valence-electron chi connectivity index (χ1n) is 3.38. The third-order valence-electron chi connectivity index (χ3n) is 0.424. The number of hydrogen-bond acceptors (Lipinski definition) is 3. The second-order valence-electron chi connectivity index (χ2n) is 1.57. The average Bonchev–Trinajstić information content (AvgIpc) is 2.06. The van der Waals surface area contributed by atoms with Crippen molar-refractivity contribution in [1.82, 2.24) is 0 Å². The highest BCUT2D eigenvalue weighted by atomic mass is 16.5.